The molecule has 19 heavy (non-hydrogen) atoms. The summed E-state index contributed by atoms with van der Waals surface area (Å²) in [7, 11) is 1.27. The van der Waals surface area contributed by atoms with Crippen molar-refractivity contribution in [3.05, 3.63) is 34.6 Å². The van der Waals surface area contributed by atoms with Crippen molar-refractivity contribution in [3.8, 4) is 0 Å². The van der Waals surface area contributed by atoms with Gasteiger partial charge in [-0.05, 0) is 18.6 Å². The van der Waals surface area contributed by atoms with Crippen molar-refractivity contribution in [3.63, 3.8) is 0 Å². The third-order valence-electron chi connectivity index (χ3n) is 2.17. The fourth-order valence-electron chi connectivity index (χ4n) is 1.32. The van der Waals surface area contributed by atoms with E-state index >= 15 is 0 Å². The molecule has 0 amide bonds. The molecule has 0 radical (unpaired) electrons. The van der Waals surface area contributed by atoms with Crippen LogP contribution >= 0.6 is 11.6 Å². The summed E-state index contributed by atoms with van der Waals surface area (Å²) < 4.78 is 9.36. The zero-order valence-corrected chi connectivity index (χ0v) is 11.4. The van der Waals surface area contributed by atoms with Crippen LogP contribution in [0, 0.1) is 0 Å². The maximum absolute atomic E-state index is 11.4. The third-order valence-corrected chi connectivity index (χ3v) is 2.47. The van der Waals surface area contributed by atoms with Crippen molar-refractivity contribution in [2.24, 2.45) is 0 Å². The van der Waals surface area contributed by atoms with Crippen LogP contribution in [0.25, 0.3) is 6.08 Å². The van der Waals surface area contributed by atoms with E-state index in [4.69, 9.17) is 16.3 Å². The Labute approximate surface area is 116 Å². The Morgan fingerprint density at radius 2 is 2.21 bits per heavy atom. The van der Waals surface area contributed by atoms with Crippen LogP contribution in [0.1, 0.15) is 29.3 Å². The highest BCUT2D eigenvalue weighted by molar-refractivity contribution is 6.32. The number of ether oxygens (including phenoxy) is 2. The molecule has 102 valence electrons. The number of halogens is 1. The molecule has 0 aliphatic heterocycles. The first-order valence-electron chi connectivity index (χ1n) is 5.64. The molecule has 0 bridgehead atoms. The molecule has 0 unspecified atom stereocenters. The molecule has 5 nitrogen and oxygen atoms in total. The van der Waals surface area contributed by atoms with Gasteiger partial charge >= 0.3 is 11.9 Å². The minimum atomic E-state index is -0.557. The summed E-state index contributed by atoms with van der Waals surface area (Å²) in [5, 5.41) is 0.0781. The number of esters is 2. The van der Waals surface area contributed by atoms with Gasteiger partial charge in [0.1, 0.15) is 5.15 Å². The Morgan fingerprint density at radius 3 is 2.84 bits per heavy atom. The van der Waals surface area contributed by atoms with Crippen molar-refractivity contribution in [1.82, 2.24) is 4.98 Å². The Balaban J connectivity index is 2.77. The molecule has 1 heterocycles. The summed E-state index contributed by atoms with van der Waals surface area (Å²) in [6.45, 7) is 2.09. The molecule has 1 aromatic heterocycles. The van der Waals surface area contributed by atoms with Crippen molar-refractivity contribution >= 4 is 29.6 Å². The molecule has 1 aromatic rings. The smallest absolute Gasteiger partial charge is 0.341 e. The summed E-state index contributed by atoms with van der Waals surface area (Å²) in [4.78, 5) is 26.4. The van der Waals surface area contributed by atoms with Gasteiger partial charge in [-0.1, -0.05) is 23.8 Å². The van der Waals surface area contributed by atoms with Crippen LogP contribution in [0.2, 0.25) is 5.15 Å². The highest BCUT2D eigenvalue weighted by atomic mass is 35.5. The monoisotopic (exact) mass is 283 g/mol. The van der Waals surface area contributed by atoms with Gasteiger partial charge < -0.3 is 9.47 Å². The number of aromatic nitrogens is 1. The second-order valence-corrected chi connectivity index (χ2v) is 3.87. The number of hydrogen-bond acceptors (Lipinski definition) is 5. The number of rotatable bonds is 5. The van der Waals surface area contributed by atoms with Crippen LogP contribution in [0.5, 0.6) is 0 Å². The number of nitrogens with zero attached hydrogens (tertiary/aromatic N) is 1. The molecule has 0 atom stereocenters. The quantitative estimate of drug-likeness (QED) is 0.613. The van der Waals surface area contributed by atoms with E-state index in [2.05, 4.69) is 9.72 Å². The molecule has 0 saturated carbocycles. The van der Waals surface area contributed by atoms with E-state index in [1.165, 1.54) is 13.3 Å². The Kier molecular flexibility index (Phi) is 6.02. The molecule has 0 aliphatic rings. The summed E-state index contributed by atoms with van der Waals surface area (Å²) in [5.74, 6) is -0.869. The topological polar surface area (TPSA) is 65.5 Å². The standard InChI is InChI=1S/C13H14ClNO4/c1-3-19-11(16)6-4-5-9-7-10(13(17)18-2)12(14)15-8-9/h4-5,7-8H,3,6H2,1-2H3. The number of methoxy groups -OCH3 is 1. The van der Waals surface area contributed by atoms with Gasteiger partial charge in [-0.15, -0.1) is 0 Å². The van der Waals surface area contributed by atoms with Crippen molar-refractivity contribution in [2.45, 2.75) is 13.3 Å². The predicted octanol–water partition coefficient (Wildman–Crippen LogP) is 2.49. The number of pyridine rings is 1. The van der Waals surface area contributed by atoms with E-state index in [0.717, 1.165) is 0 Å². The lowest BCUT2D eigenvalue weighted by molar-refractivity contribution is -0.142. The first-order chi connectivity index (χ1) is 9.08. The molecule has 6 heteroatoms. The first-order valence-corrected chi connectivity index (χ1v) is 6.02. The SMILES string of the molecule is CCOC(=O)CC=Cc1cnc(Cl)c(C(=O)OC)c1. The van der Waals surface area contributed by atoms with Gasteiger partial charge in [0.25, 0.3) is 0 Å². The molecule has 0 N–H and O–H groups in total. The average Bonchev–Trinajstić information content (AvgIpc) is 2.40. The van der Waals surface area contributed by atoms with Crippen molar-refractivity contribution in [2.75, 3.05) is 13.7 Å². The van der Waals surface area contributed by atoms with Crippen LogP contribution in [-0.2, 0) is 14.3 Å². The van der Waals surface area contributed by atoms with E-state index in [1.54, 1.807) is 25.1 Å². The Morgan fingerprint density at radius 1 is 1.47 bits per heavy atom. The minimum absolute atomic E-state index is 0.0781. The van der Waals surface area contributed by atoms with Gasteiger partial charge in [-0.2, -0.15) is 0 Å². The summed E-state index contributed by atoms with van der Waals surface area (Å²) >= 11 is 5.79. The highest BCUT2D eigenvalue weighted by Gasteiger charge is 2.11. The molecular formula is C13H14ClNO4. The van der Waals surface area contributed by atoms with Crippen LogP contribution in [-0.4, -0.2) is 30.6 Å². The van der Waals surface area contributed by atoms with Crippen molar-refractivity contribution < 1.29 is 19.1 Å². The lowest BCUT2D eigenvalue weighted by Crippen LogP contribution is -2.03. The lowest BCUT2D eigenvalue weighted by Gasteiger charge is -2.02. The average molecular weight is 284 g/mol. The van der Waals surface area contributed by atoms with Crippen LogP contribution in [0.4, 0.5) is 0 Å². The highest BCUT2D eigenvalue weighted by Crippen LogP contribution is 2.16. The second-order valence-electron chi connectivity index (χ2n) is 3.51. The third kappa shape index (κ3) is 4.71. The normalized spacial score (nSPS) is 10.5. The fraction of sp³-hybridized carbons (Fsp3) is 0.308. The van der Waals surface area contributed by atoms with E-state index in [-0.39, 0.29) is 23.1 Å². The maximum Gasteiger partial charge on any atom is 0.341 e. The van der Waals surface area contributed by atoms with E-state index in [9.17, 15) is 9.59 Å². The molecule has 0 aliphatic carbocycles. The van der Waals surface area contributed by atoms with Gasteiger partial charge in [0.2, 0.25) is 0 Å². The van der Waals surface area contributed by atoms with Crippen LogP contribution < -0.4 is 0 Å². The number of carbonyl (C=O) groups is 2. The van der Waals surface area contributed by atoms with Gasteiger partial charge in [-0.25, -0.2) is 9.78 Å². The Bertz CT molecular complexity index is 499. The molecule has 1 rings (SSSR count). The fourth-order valence-corrected chi connectivity index (χ4v) is 1.50. The van der Waals surface area contributed by atoms with Crippen LogP contribution in [0.15, 0.2) is 18.3 Å². The van der Waals surface area contributed by atoms with Gasteiger partial charge in [0.05, 0.1) is 25.7 Å². The summed E-state index contributed by atoms with van der Waals surface area (Å²) in [5.41, 5.74) is 0.830. The summed E-state index contributed by atoms with van der Waals surface area (Å²) in [6, 6.07) is 1.54. The van der Waals surface area contributed by atoms with E-state index < -0.39 is 5.97 Å². The predicted molar refractivity (Wildman–Crippen MR) is 70.9 cm³/mol. The molecule has 0 fully saturated rings. The summed E-state index contributed by atoms with van der Waals surface area (Å²) in [6.07, 6.45) is 4.94. The van der Waals surface area contributed by atoms with Gasteiger partial charge in [-0.3, -0.25) is 4.79 Å². The minimum Gasteiger partial charge on any atom is -0.466 e. The van der Waals surface area contributed by atoms with E-state index in [0.29, 0.717) is 12.2 Å². The van der Waals surface area contributed by atoms with Crippen molar-refractivity contribution in [1.29, 1.82) is 0 Å². The number of carbonyl (C=O) groups excluding carboxylic acids is 2. The molecule has 0 saturated heterocycles. The molecule has 0 spiro atoms. The van der Waals surface area contributed by atoms with E-state index in [1.807, 2.05) is 0 Å². The number of hydrogen-bond donors (Lipinski definition) is 0. The van der Waals surface area contributed by atoms with Crippen LogP contribution in [0.3, 0.4) is 0 Å². The second kappa shape index (κ2) is 7.53. The Hall–Kier alpha value is -1.88. The molecule has 0 aromatic carbocycles. The van der Waals surface area contributed by atoms with Gasteiger partial charge in [0, 0.05) is 6.20 Å². The zero-order valence-electron chi connectivity index (χ0n) is 10.7. The first kappa shape index (κ1) is 15.2. The zero-order chi connectivity index (χ0) is 14.3. The van der Waals surface area contributed by atoms with Gasteiger partial charge in [0.15, 0.2) is 0 Å². The molecular weight excluding hydrogens is 270 g/mol. The lowest BCUT2D eigenvalue weighted by atomic mass is 10.2. The maximum atomic E-state index is 11.4. The largest absolute Gasteiger partial charge is 0.466 e.